The van der Waals surface area contributed by atoms with E-state index in [2.05, 4.69) is 33.1 Å². The number of nitrogens with one attached hydrogen (secondary N) is 2. The van der Waals surface area contributed by atoms with Gasteiger partial charge in [-0.15, -0.1) is 0 Å². The van der Waals surface area contributed by atoms with Crippen molar-refractivity contribution in [3.05, 3.63) is 88.5 Å². The van der Waals surface area contributed by atoms with Gasteiger partial charge in [-0.2, -0.15) is 10.2 Å². The first-order chi connectivity index (χ1) is 13.5. The van der Waals surface area contributed by atoms with Gasteiger partial charge in [-0.05, 0) is 49.3 Å². The van der Waals surface area contributed by atoms with Crippen LogP contribution in [0.1, 0.15) is 28.1 Å². The quantitative estimate of drug-likeness (QED) is 0.380. The second kappa shape index (κ2) is 9.23. The minimum atomic E-state index is -0.257. The van der Waals surface area contributed by atoms with Crippen LogP contribution < -0.4 is 10.7 Å². The predicted octanol–water partition coefficient (Wildman–Crippen LogP) is 3.69. The monoisotopic (exact) mass is 395 g/mol. The summed E-state index contributed by atoms with van der Waals surface area (Å²) in [5.74, 6) is -0.257. The smallest absolute Gasteiger partial charge is 0.187 e. The fourth-order valence-corrected chi connectivity index (χ4v) is 2.91. The molecular formula is C21H22FN5S. The van der Waals surface area contributed by atoms with Crippen molar-refractivity contribution in [3.8, 4) is 0 Å². The number of nitrogens with zero attached hydrogens (tertiary/aromatic N) is 3. The summed E-state index contributed by atoms with van der Waals surface area (Å²) < 4.78 is 14.9. The van der Waals surface area contributed by atoms with E-state index in [-0.39, 0.29) is 5.82 Å². The lowest BCUT2D eigenvalue weighted by Crippen LogP contribution is -2.31. The molecule has 0 aliphatic rings. The summed E-state index contributed by atoms with van der Waals surface area (Å²) in [5, 5.41) is 12.3. The Balaban J connectivity index is 1.56. The number of hydrazone groups is 1. The summed E-state index contributed by atoms with van der Waals surface area (Å²) in [5.41, 5.74) is 7.84. The maximum absolute atomic E-state index is 12.9. The molecule has 3 rings (SSSR count). The Kier molecular flexibility index (Phi) is 6.49. The summed E-state index contributed by atoms with van der Waals surface area (Å²) in [6.45, 7) is 5.19. The first-order valence-electron chi connectivity index (χ1n) is 8.92. The van der Waals surface area contributed by atoms with E-state index in [1.54, 1.807) is 18.3 Å². The van der Waals surface area contributed by atoms with Gasteiger partial charge in [-0.3, -0.25) is 10.1 Å². The van der Waals surface area contributed by atoms with Crippen molar-refractivity contribution in [2.24, 2.45) is 5.10 Å². The summed E-state index contributed by atoms with van der Waals surface area (Å²) >= 11 is 5.22. The van der Waals surface area contributed by atoms with Crippen LogP contribution in [-0.2, 0) is 13.1 Å². The predicted molar refractivity (Wildman–Crippen MR) is 114 cm³/mol. The molecule has 0 unspecified atom stereocenters. The Morgan fingerprint density at radius 1 is 1.11 bits per heavy atom. The lowest BCUT2D eigenvalue weighted by Gasteiger charge is -2.07. The van der Waals surface area contributed by atoms with Gasteiger partial charge in [-0.25, -0.2) is 4.39 Å². The molecule has 0 spiro atoms. The molecule has 144 valence electrons. The van der Waals surface area contributed by atoms with E-state index in [0.717, 1.165) is 22.5 Å². The van der Waals surface area contributed by atoms with Gasteiger partial charge in [-0.1, -0.05) is 42.5 Å². The van der Waals surface area contributed by atoms with Crippen LogP contribution in [0.2, 0.25) is 0 Å². The first-order valence-corrected chi connectivity index (χ1v) is 9.33. The summed E-state index contributed by atoms with van der Waals surface area (Å²) in [6.07, 6.45) is 1.73. The van der Waals surface area contributed by atoms with E-state index in [4.69, 9.17) is 12.2 Å². The van der Waals surface area contributed by atoms with Crippen LogP contribution in [0, 0.1) is 19.7 Å². The van der Waals surface area contributed by atoms with E-state index in [0.29, 0.717) is 18.2 Å². The molecule has 0 bridgehead atoms. The fraction of sp³-hybridized carbons (Fsp3) is 0.190. The summed E-state index contributed by atoms with van der Waals surface area (Å²) in [4.78, 5) is 0. The van der Waals surface area contributed by atoms with E-state index < -0.39 is 0 Å². The zero-order chi connectivity index (χ0) is 19.9. The standard InChI is InChI=1S/C21H22FN5S/c1-15-20(16(2)27(26-15)14-18-6-4-3-5-7-18)13-24-25-21(28)23-12-17-8-10-19(22)11-9-17/h3-11,13H,12,14H2,1-2H3,(H2,23,25,28)/b24-13-. The SMILES string of the molecule is Cc1nn(Cc2ccccc2)c(C)c1/C=N\NC(=S)NCc1ccc(F)cc1. The van der Waals surface area contributed by atoms with Crippen LogP contribution in [0.15, 0.2) is 59.7 Å². The molecule has 0 aliphatic carbocycles. The highest BCUT2D eigenvalue weighted by Gasteiger charge is 2.10. The Morgan fingerprint density at radius 2 is 1.82 bits per heavy atom. The Labute approximate surface area is 169 Å². The van der Waals surface area contributed by atoms with Crippen molar-refractivity contribution in [1.29, 1.82) is 0 Å². The number of thiocarbonyl (C=S) groups is 1. The molecule has 2 N–H and O–H groups in total. The summed E-state index contributed by atoms with van der Waals surface area (Å²) in [6, 6.07) is 16.5. The van der Waals surface area contributed by atoms with Gasteiger partial charge in [0.25, 0.3) is 0 Å². The van der Waals surface area contributed by atoms with E-state index >= 15 is 0 Å². The number of rotatable bonds is 6. The van der Waals surface area contributed by atoms with Crippen LogP contribution in [0.25, 0.3) is 0 Å². The largest absolute Gasteiger partial charge is 0.357 e. The van der Waals surface area contributed by atoms with Crippen LogP contribution in [0.4, 0.5) is 4.39 Å². The van der Waals surface area contributed by atoms with Gasteiger partial charge in [0, 0.05) is 17.8 Å². The maximum atomic E-state index is 12.9. The number of aromatic nitrogens is 2. The lowest BCUT2D eigenvalue weighted by atomic mass is 10.2. The third-order valence-electron chi connectivity index (χ3n) is 4.34. The molecule has 5 nitrogen and oxygen atoms in total. The average molecular weight is 396 g/mol. The van der Waals surface area contributed by atoms with Crippen LogP contribution >= 0.6 is 12.2 Å². The average Bonchev–Trinajstić information content (AvgIpc) is 2.95. The molecule has 1 heterocycles. The Bertz CT molecular complexity index is 964. The second-order valence-corrected chi connectivity index (χ2v) is 6.82. The molecular weight excluding hydrogens is 373 g/mol. The highest BCUT2D eigenvalue weighted by atomic mass is 32.1. The normalized spacial score (nSPS) is 11.0. The zero-order valence-electron chi connectivity index (χ0n) is 15.8. The molecule has 0 radical (unpaired) electrons. The molecule has 0 saturated heterocycles. The van der Waals surface area contributed by atoms with Crippen molar-refractivity contribution in [1.82, 2.24) is 20.5 Å². The molecule has 0 atom stereocenters. The van der Waals surface area contributed by atoms with E-state index in [1.807, 2.05) is 36.7 Å². The molecule has 0 saturated carbocycles. The topological polar surface area (TPSA) is 54.2 Å². The molecule has 7 heteroatoms. The molecule has 3 aromatic rings. The Hall–Kier alpha value is -3.06. The van der Waals surface area contributed by atoms with Gasteiger partial charge < -0.3 is 5.32 Å². The van der Waals surface area contributed by atoms with Crippen molar-refractivity contribution in [2.75, 3.05) is 0 Å². The second-order valence-electron chi connectivity index (χ2n) is 6.41. The molecule has 0 amide bonds. The molecule has 0 aliphatic heterocycles. The van der Waals surface area contributed by atoms with Gasteiger partial charge in [0.1, 0.15) is 5.82 Å². The van der Waals surface area contributed by atoms with Gasteiger partial charge in [0.2, 0.25) is 0 Å². The number of halogens is 1. The zero-order valence-corrected chi connectivity index (χ0v) is 16.6. The number of benzene rings is 2. The fourth-order valence-electron chi connectivity index (χ4n) is 2.79. The minimum Gasteiger partial charge on any atom is -0.357 e. The van der Waals surface area contributed by atoms with Gasteiger partial charge >= 0.3 is 0 Å². The number of hydrogen-bond acceptors (Lipinski definition) is 3. The highest BCUT2D eigenvalue weighted by Crippen LogP contribution is 2.12. The van der Waals surface area contributed by atoms with Gasteiger partial charge in [0.15, 0.2) is 5.11 Å². The van der Waals surface area contributed by atoms with Crippen LogP contribution in [0.5, 0.6) is 0 Å². The lowest BCUT2D eigenvalue weighted by molar-refractivity contribution is 0.626. The first kappa shape index (κ1) is 19.7. The van der Waals surface area contributed by atoms with E-state index in [1.165, 1.54) is 17.7 Å². The molecule has 1 aromatic heterocycles. The van der Waals surface area contributed by atoms with Crippen LogP contribution in [0.3, 0.4) is 0 Å². The third-order valence-corrected chi connectivity index (χ3v) is 4.57. The van der Waals surface area contributed by atoms with Crippen molar-refractivity contribution >= 4 is 23.5 Å². The number of hydrogen-bond donors (Lipinski definition) is 2. The van der Waals surface area contributed by atoms with Crippen LogP contribution in [-0.4, -0.2) is 21.1 Å². The summed E-state index contributed by atoms with van der Waals surface area (Å²) in [7, 11) is 0. The molecule has 2 aromatic carbocycles. The van der Waals surface area contributed by atoms with Crippen molar-refractivity contribution in [2.45, 2.75) is 26.9 Å². The van der Waals surface area contributed by atoms with Crippen molar-refractivity contribution < 1.29 is 4.39 Å². The van der Waals surface area contributed by atoms with Gasteiger partial charge in [0.05, 0.1) is 18.5 Å². The van der Waals surface area contributed by atoms with E-state index in [9.17, 15) is 4.39 Å². The molecule has 28 heavy (non-hydrogen) atoms. The maximum Gasteiger partial charge on any atom is 0.187 e. The minimum absolute atomic E-state index is 0.257. The third kappa shape index (κ3) is 5.23. The Morgan fingerprint density at radius 3 is 2.54 bits per heavy atom. The van der Waals surface area contributed by atoms with Crippen molar-refractivity contribution in [3.63, 3.8) is 0 Å². The molecule has 0 fully saturated rings. The number of aryl methyl sites for hydroxylation is 1. The highest BCUT2D eigenvalue weighted by molar-refractivity contribution is 7.80.